The van der Waals surface area contributed by atoms with Crippen molar-refractivity contribution in [1.82, 2.24) is 10.2 Å². The van der Waals surface area contributed by atoms with Gasteiger partial charge in [0.2, 0.25) is 0 Å². The number of rotatable bonds is 13. The first-order valence-corrected chi connectivity index (χ1v) is 12.0. The maximum Gasteiger partial charge on any atom is 0.334 e. The number of carbonyl (C=O) groups excluding carboxylic acids is 1. The number of benzene rings is 2. The maximum absolute atomic E-state index is 13.1. The van der Waals surface area contributed by atoms with Crippen LogP contribution >= 0.6 is 0 Å². The van der Waals surface area contributed by atoms with E-state index in [2.05, 4.69) is 5.32 Å². The SMILES string of the molecule is CC(C)CN(CC(OCc1ccccc1)C(=O)O)C(=O)N[C@@H](Cc1ccc(-c2ccoc2)cc1)C(=O)O. The molecular formula is C28H32N2O7. The molecule has 0 saturated carbocycles. The summed E-state index contributed by atoms with van der Waals surface area (Å²) in [4.78, 5) is 38.2. The molecule has 3 N–H and O–H groups in total. The van der Waals surface area contributed by atoms with Crippen molar-refractivity contribution >= 4 is 18.0 Å². The van der Waals surface area contributed by atoms with E-state index >= 15 is 0 Å². The van der Waals surface area contributed by atoms with Crippen molar-refractivity contribution in [2.75, 3.05) is 13.1 Å². The highest BCUT2D eigenvalue weighted by atomic mass is 16.5. The molecule has 1 heterocycles. The van der Waals surface area contributed by atoms with Crippen molar-refractivity contribution in [2.24, 2.45) is 5.92 Å². The summed E-state index contributed by atoms with van der Waals surface area (Å²) in [6, 6.07) is 16.4. The highest BCUT2D eigenvalue weighted by Crippen LogP contribution is 2.20. The second-order valence-electron chi connectivity index (χ2n) is 9.18. The predicted molar refractivity (Wildman–Crippen MR) is 137 cm³/mol. The van der Waals surface area contributed by atoms with Crippen molar-refractivity contribution in [3.63, 3.8) is 0 Å². The molecule has 37 heavy (non-hydrogen) atoms. The van der Waals surface area contributed by atoms with Crippen LogP contribution in [0.2, 0.25) is 0 Å². The lowest BCUT2D eigenvalue weighted by atomic mass is 10.0. The summed E-state index contributed by atoms with van der Waals surface area (Å²) in [6.07, 6.45) is 1.98. The minimum Gasteiger partial charge on any atom is -0.480 e. The number of carbonyl (C=O) groups is 3. The van der Waals surface area contributed by atoms with E-state index < -0.39 is 30.1 Å². The van der Waals surface area contributed by atoms with Crippen LogP contribution in [0.5, 0.6) is 0 Å². The van der Waals surface area contributed by atoms with E-state index in [9.17, 15) is 24.6 Å². The summed E-state index contributed by atoms with van der Waals surface area (Å²) in [5.41, 5.74) is 3.36. The molecule has 1 unspecified atom stereocenters. The quantitative estimate of drug-likeness (QED) is 0.314. The smallest absolute Gasteiger partial charge is 0.334 e. The standard InChI is InChI=1S/C28H32N2O7/c1-19(2)15-30(16-25(27(33)34)37-17-21-6-4-3-5-7-21)28(35)29-24(26(31)32)14-20-8-10-22(11-9-20)23-12-13-36-18-23/h3-13,18-19,24-25H,14-17H2,1-2H3,(H,29,35)(H,31,32)(H,33,34)/t24-,25?/m0/s1. The molecule has 2 aromatic carbocycles. The molecule has 2 atom stereocenters. The Hall–Kier alpha value is -4.11. The zero-order chi connectivity index (χ0) is 26.8. The Labute approximate surface area is 215 Å². The van der Waals surface area contributed by atoms with Gasteiger partial charge in [-0.3, -0.25) is 0 Å². The Bertz CT molecular complexity index is 1150. The van der Waals surface area contributed by atoms with Gasteiger partial charge >= 0.3 is 18.0 Å². The van der Waals surface area contributed by atoms with Crippen LogP contribution in [-0.4, -0.2) is 58.3 Å². The molecule has 0 saturated heterocycles. The number of ether oxygens (including phenoxy) is 1. The Kier molecular flexibility index (Phi) is 9.85. The molecule has 0 bridgehead atoms. The summed E-state index contributed by atoms with van der Waals surface area (Å²) in [5, 5.41) is 22.0. The van der Waals surface area contributed by atoms with Crippen molar-refractivity contribution < 1.29 is 33.8 Å². The third kappa shape index (κ3) is 8.50. The average Bonchev–Trinajstić information content (AvgIpc) is 3.41. The van der Waals surface area contributed by atoms with Gasteiger partial charge in [0.25, 0.3) is 0 Å². The van der Waals surface area contributed by atoms with Crippen molar-refractivity contribution in [3.05, 3.63) is 84.3 Å². The number of hydrogen-bond acceptors (Lipinski definition) is 5. The lowest BCUT2D eigenvalue weighted by Crippen LogP contribution is -2.52. The van der Waals surface area contributed by atoms with E-state index in [0.29, 0.717) is 0 Å². The molecule has 3 aromatic rings. The molecule has 0 aliphatic heterocycles. The number of nitrogens with zero attached hydrogens (tertiary/aromatic N) is 1. The van der Waals surface area contributed by atoms with Crippen molar-refractivity contribution in [1.29, 1.82) is 0 Å². The van der Waals surface area contributed by atoms with Gasteiger partial charge in [0.1, 0.15) is 6.04 Å². The normalized spacial score (nSPS) is 12.6. The number of furan rings is 1. The number of carboxylic acids is 2. The summed E-state index contributed by atoms with van der Waals surface area (Å²) in [6.45, 7) is 3.85. The average molecular weight is 509 g/mol. The first kappa shape index (κ1) is 27.5. The molecule has 9 heteroatoms. The molecule has 1 aromatic heterocycles. The molecule has 2 amide bonds. The summed E-state index contributed by atoms with van der Waals surface area (Å²) in [5.74, 6) is -2.37. The number of urea groups is 1. The fraction of sp³-hybridized carbons (Fsp3) is 0.321. The van der Waals surface area contributed by atoms with Gasteiger partial charge in [0.15, 0.2) is 6.10 Å². The first-order valence-electron chi connectivity index (χ1n) is 12.0. The largest absolute Gasteiger partial charge is 0.480 e. The molecule has 0 radical (unpaired) electrons. The van der Waals surface area contributed by atoms with Crippen molar-refractivity contribution in [3.8, 4) is 11.1 Å². The zero-order valence-electron chi connectivity index (χ0n) is 20.9. The molecular weight excluding hydrogens is 476 g/mol. The van der Waals surface area contributed by atoms with Crippen LogP contribution in [0.25, 0.3) is 11.1 Å². The van der Waals surface area contributed by atoms with Crippen LogP contribution in [0.3, 0.4) is 0 Å². The topological polar surface area (TPSA) is 129 Å². The highest BCUT2D eigenvalue weighted by Gasteiger charge is 2.28. The summed E-state index contributed by atoms with van der Waals surface area (Å²) >= 11 is 0. The van der Waals surface area contributed by atoms with Crippen molar-refractivity contribution in [2.45, 2.75) is 39.0 Å². The Morgan fingerprint density at radius 2 is 1.59 bits per heavy atom. The van der Waals surface area contributed by atoms with Gasteiger partial charge in [-0.05, 0) is 28.7 Å². The van der Waals surface area contributed by atoms with E-state index in [1.54, 1.807) is 24.7 Å². The maximum atomic E-state index is 13.1. The second-order valence-corrected chi connectivity index (χ2v) is 9.18. The van der Waals surface area contributed by atoms with Crippen LogP contribution < -0.4 is 5.32 Å². The number of hydrogen-bond donors (Lipinski definition) is 3. The van der Waals surface area contributed by atoms with E-state index in [4.69, 9.17) is 9.15 Å². The predicted octanol–water partition coefficient (Wildman–Crippen LogP) is 4.28. The summed E-state index contributed by atoms with van der Waals surface area (Å²) in [7, 11) is 0. The minimum absolute atomic E-state index is 0.0214. The molecule has 0 aliphatic rings. The van der Waals surface area contributed by atoms with E-state index in [1.807, 2.05) is 62.4 Å². The Morgan fingerprint density at radius 3 is 2.16 bits per heavy atom. The summed E-state index contributed by atoms with van der Waals surface area (Å²) < 4.78 is 10.7. The van der Waals surface area contributed by atoms with E-state index in [1.165, 1.54) is 4.90 Å². The van der Waals surface area contributed by atoms with Gasteiger partial charge < -0.3 is 29.6 Å². The molecule has 3 rings (SSSR count). The highest BCUT2D eigenvalue weighted by molar-refractivity contribution is 5.83. The monoisotopic (exact) mass is 508 g/mol. The first-order chi connectivity index (χ1) is 17.7. The minimum atomic E-state index is -1.27. The van der Waals surface area contributed by atoms with Crippen LogP contribution in [0.15, 0.2) is 77.6 Å². The van der Waals surface area contributed by atoms with Gasteiger partial charge in [-0.2, -0.15) is 0 Å². The van der Waals surface area contributed by atoms with E-state index in [-0.39, 0.29) is 32.0 Å². The third-order valence-electron chi connectivity index (χ3n) is 5.67. The van der Waals surface area contributed by atoms with Gasteiger partial charge in [-0.1, -0.05) is 68.4 Å². The fourth-order valence-electron chi connectivity index (χ4n) is 3.79. The van der Waals surface area contributed by atoms with Gasteiger partial charge in [0.05, 0.1) is 25.7 Å². The fourth-order valence-corrected chi connectivity index (χ4v) is 3.79. The van der Waals surface area contributed by atoms with Gasteiger partial charge in [-0.15, -0.1) is 0 Å². The second kappa shape index (κ2) is 13.3. The number of carboxylic acid groups (broad SMARTS) is 2. The number of amides is 2. The van der Waals surface area contributed by atoms with Gasteiger partial charge in [-0.25, -0.2) is 14.4 Å². The van der Waals surface area contributed by atoms with Crippen LogP contribution in [0, 0.1) is 5.92 Å². The lowest BCUT2D eigenvalue weighted by molar-refractivity contribution is -0.152. The van der Waals surface area contributed by atoms with Gasteiger partial charge in [0, 0.05) is 18.5 Å². The number of nitrogens with one attached hydrogen (secondary N) is 1. The van der Waals surface area contributed by atoms with Crippen LogP contribution in [0.1, 0.15) is 25.0 Å². The molecule has 0 fully saturated rings. The van der Waals surface area contributed by atoms with E-state index in [0.717, 1.165) is 22.3 Å². The zero-order valence-corrected chi connectivity index (χ0v) is 20.9. The molecule has 196 valence electrons. The van der Waals surface area contributed by atoms with Crippen LogP contribution in [-0.2, 0) is 27.4 Å². The Morgan fingerprint density at radius 1 is 0.892 bits per heavy atom. The molecule has 9 nitrogen and oxygen atoms in total. The van der Waals surface area contributed by atoms with Crippen LogP contribution in [0.4, 0.5) is 4.79 Å². The third-order valence-corrected chi connectivity index (χ3v) is 5.67. The lowest BCUT2D eigenvalue weighted by Gasteiger charge is -2.29. The number of aliphatic carboxylic acids is 2. The molecule has 0 spiro atoms. The Balaban J connectivity index is 1.67. The molecule has 0 aliphatic carbocycles.